The zero-order valence-electron chi connectivity index (χ0n) is 11.7. The van der Waals surface area contributed by atoms with E-state index in [1.54, 1.807) is 0 Å². The minimum atomic E-state index is -1.06. The average Bonchev–Trinajstić information content (AvgIpc) is 2.38. The summed E-state index contributed by atoms with van der Waals surface area (Å²) in [5.74, 6) is -2.73. The van der Waals surface area contributed by atoms with Crippen molar-refractivity contribution >= 4 is 17.9 Å². The third kappa shape index (κ3) is 3.68. The second-order valence-corrected chi connectivity index (χ2v) is 5.30. The van der Waals surface area contributed by atoms with Gasteiger partial charge in [0.05, 0.1) is 14.2 Å². The maximum Gasteiger partial charge on any atom is 0.320 e. The standard InChI is InChI=1S/C13H20O6/c1-13(2)6-5-10(14)19-9(13)7-8(11(15)17-3)12(16)18-4/h8-9H,5-7H2,1-4H3/t9-/m0/s1. The Balaban J connectivity index is 2.84. The highest BCUT2D eigenvalue weighted by Crippen LogP contribution is 2.37. The molecule has 0 saturated carbocycles. The van der Waals surface area contributed by atoms with Gasteiger partial charge in [-0.25, -0.2) is 0 Å². The van der Waals surface area contributed by atoms with Crippen LogP contribution in [0, 0.1) is 11.3 Å². The third-order valence-electron chi connectivity index (χ3n) is 3.54. The summed E-state index contributed by atoms with van der Waals surface area (Å²) in [6, 6.07) is 0. The molecule has 0 aromatic rings. The Labute approximate surface area is 112 Å². The second kappa shape index (κ2) is 6.04. The molecule has 1 fully saturated rings. The van der Waals surface area contributed by atoms with E-state index in [-0.39, 0.29) is 17.8 Å². The van der Waals surface area contributed by atoms with Crippen LogP contribution in [0.1, 0.15) is 33.1 Å². The van der Waals surface area contributed by atoms with Crippen molar-refractivity contribution in [2.45, 2.75) is 39.2 Å². The zero-order valence-corrected chi connectivity index (χ0v) is 11.7. The Morgan fingerprint density at radius 2 is 1.84 bits per heavy atom. The summed E-state index contributed by atoms with van der Waals surface area (Å²) < 4.78 is 14.5. The number of ether oxygens (including phenoxy) is 3. The molecule has 1 atom stereocenters. The molecule has 0 radical (unpaired) electrons. The lowest BCUT2D eigenvalue weighted by Crippen LogP contribution is -2.43. The van der Waals surface area contributed by atoms with Crippen molar-refractivity contribution in [2.24, 2.45) is 11.3 Å². The molecule has 6 nitrogen and oxygen atoms in total. The highest BCUT2D eigenvalue weighted by Gasteiger charge is 2.42. The lowest BCUT2D eigenvalue weighted by atomic mass is 9.76. The fourth-order valence-corrected chi connectivity index (χ4v) is 2.12. The molecule has 0 unspecified atom stereocenters. The van der Waals surface area contributed by atoms with E-state index < -0.39 is 24.0 Å². The van der Waals surface area contributed by atoms with Crippen LogP contribution in [0.15, 0.2) is 0 Å². The normalized spacial score (nSPS) is 21.7. The summed E-state index contributed by atoms with van der Waals surface area (Å²) in [4.78, 5) is 34.6. The fraction of sp³-hybridized carbons (Fsp3) is 0.769. The first-order valence-electron chi connectivity index (χ1n) is 6.17. The lowest BCUT2D eigenvalue weighted by Gasteiger charge is -2.38. The van der Waals surface area contributed by atoms with Gasteiger partial charge in [-0.3, -0.25) is 14.4 Å². The molecule has 0 amide bonds. The van der Waals surface area contributed by atoms with Crippen molar-refractivity contribution in [1.29, 1.82) is 0 Å². The molecule has 0 N–H and O–H groups in total. The van der Waals surface area contributed by atoms with Gasteiger partial charge in [0.15, 0.2) is 5.92 Å². The van der Waals surface area contributed by atoms with Crippen LogP contribution in [0.4, 0.5) is 0 Å². The van der Waals surface area contributed by atoms with Gasteiger partial charge in [0.25, 0.3) is 0 Å². The van der Waals surface area contributed by atoms with E-state index in [0.29, 0.717) is 12.8 Å². The Morgan fingerprint density at radius 1 is 1.32 bits per heavy atom. The molecule has 1 rings (SSSR count). The van der Waals surface area contributed by atoms with Gasteiger partial charge in [0.2, 0.25) is 0 Å². The van der Waals surface area contributed by atoms with Gasteiger partial charge in [-0.1, -0.05) is 13.8 Å². The number of carbonyl (C=O) groups excluding carboxylic acids is 3. The van der Waals surface area contributed by atoms with Gasteiger partial charge in [0.1, 0.15) is 6.10 Å². The molecule has 1 heterocycles. The van der Waals surface area contributed by atoms with Crippen LogP contribution in [-0.2, 0) is 28.6 Å². The van der Waals surface area contributed by atoms with Crippen molar-refractivity contribution in [3.8, 4) is 0 Å². The molecule has 0 aliphatic carbocycles. The SMILES string of the molecule is COC(=O)C(C[C@@H]1OC(=O)CCC1(C)C)C(=O)OC. The molecule has 0 spiro atoms. The van der Waals surface area contributed by atoms with Crippen molar-refractivity contribution in [2.75, 3.05) is 14.2 Å². The largest absolute Gasteiger partial charge is 0.468 e. The van der Waals surface area contributed by atoms with Gasteiger partial charge in [-0.15, -0.1) is 0 Å². The maximum absolute atomic E-state index is 11.6. The molecule has 1 aliphatic rings. The Morgan fingerprint density at radius 3 is 2.32 bits per heavy atom. The number of methoxy groups -OCH3 is 2. The quantitative estimate of drug-likeness (QED) is 0.433. The third-order valence-corrected chi connectivity index (χ3v) is 3.54. The molecule has 108 valence electrons. The first-order chi connectivity index (χ1) is 8.81. The van der Waals surface area contributed by atoms with E-state index in [1.165, 1.54) is 14.2 Å². The summed E-state index contributed by atoms with van der Waals surface area (Å²) in [5.41, 5.74) is -0.284. The Hall–Kier alpha value is -1.59. The molecule has 6 heteroatoms. The van der Waals surface area contributed by atoms with Crippen molar-refractivity contribution < 1.29 is 28.6 Å². The number of cyclic esters (lactones) is 1. The van der Waals surface area contributed by atoms with Crippen LogP contribution >= 0.6 is 0 Å². The van der Waals surface area contributed by atoms with Crippen LogP contribution in [0.5, 0.6) is 0 Å². The van der Waals surface area contributed by atoms with Gasteiger partial charge in [-0.2, -0.15) is 0 Å². The zero-order chi connectivity index (χ0) is 14.6. The Bertz CT molecular complexity index is 357. The molecule has 0 aromatic carbocycles. The highest BCUT2D eigenvalue weighted by atomic mass is 16.6. The first-order valence-corrected chi connectivity index (χ1v) is 6.17. The van der Waals surface area contributed by atoms with Gasteiger partial charge in [-0.05, 0) is 6.42 Å². The van der Waals surface area contributed by atoms with E-state index in [2.05, 4.69) is 9.47 Å². The van der Waals surface area contributed by atoms with Crippen LogP contribution in [-0.4, -0.2) is 38.2 Å². The maximum atomic E-state index is 11.6. The number of rotatable bonds is 4. The summed E-state index contributed by atoms with van der Waals surface area (Å²) in [6.45, 7) is 3.88. The van der Waals surface area contributed by atoms with E-state index >= 15 is 0 Å². The molecular weight excluding hydrogens is 252 g/mol. The smallest absolute Gasteiger partial charge is 0.320 e. The monoisotopic (exact) mass is 272 g/mol. The average molecular weight is 272 g/mol. The van der Waals surface area contributed by atoms with Gasteiger partial charge < -0.3 is 14.2 Å². The number of hydrogen-bond donors (Lipinski definition) is 0. The molecule has 0 bridgehead atoms. The minimum Gasteiger partial charge on any atom is -0.468 e. The Kier molecular flexibility index (Phi) is 4.91. The van der Waals surface area contributed by atoms with Gasteiger partial charge in [0, 0.05) is 18.3 Å². The van der Waals surface area contributed by atoms with Crippen LogP contribution in [0.25, 0.3) is 0 Å². The minimum absolute atomic E-state index is 0.0814. The molecule has 1 saturated heterocycles. The van der Waals surface area contributed by atoms with Gasteiger partial charge >= 0.3 is 17.9 Å². The summed E-state index contributed by atoms with van der Waals surface area (Å²) >= 11 is 0. The first kappa shape index (κ1) is 15.5. The molecule has 1 aliphatic heterocycles. The number of esters is 3. The molecule has 0 aromatic heterocycles. The van der Waals surface area contributed by atoms with Crippen LogP contribution < -0.4 is 0 Å². The topological polar surface area (TPSA) is 78.9 Å². The molecular formula is C13H20O6. The predicted molar refractivity (Wildman–Crippen MR) is 65.0 cm³/mol. The summed E-state index contributed by atoms with van der Waals surface area (Å²) in [5, 5.41) is 0. The van der Waals surface area contributed by atoms with Crippen molar-refractivity contribution in [1.82, 2.24) is 0 Å². The van der Waals surface area contributed by atoms with Crippen molar-refractivity contribution in [3.05, 3.63) is 0 Å². The lowest BCUT2D eigenvalue weighted by molar-refractivity contribution is -0.173. The van der Waals surface area contributed by atoms with E-state index in [4.69, 9.17) is 4.74 Å². The number of carbonyl (C=O) groups is 3. The van der Waals surface area contributed by atoms with E-state index in [0.717, 1.165) is 0 Å². The molecule has 19 heavy (non-hydrogen) atoms. The predicted octanol–water partition coefficient (Wildman–Crippen LogP) is 1.07. The summed E-state index contributed by atoms with van der Waals surface area (Å²) in [7, 11) is 2.41. The van der Waals surface area contributed by atoms with E-state index in [9.17, 15) is 14.4 Å². The summed E-state index contributed by atoms with van der Waals surface area (Å²) in [6.07, 6.45) is 0.589. The van der Waals surface area contributed by atoms with Crippen LogP contribution in [0.3, 0.4) is 0 Å². The second-order valence-electron chi connectivity index (χ2n) is 5.30. The fourth-order valence-electron chi connectivity index (χ4n) is 2.12. The number of hydrogen-bond acceptors (Lipinski definition) is 6. The van der Waals surface area contributed by atoms with Crippen molar-refractivity contribution in [3.63, 3.8) is 0 Å². The highest BCUT2D eigenvalue weighted by molar-refractivity contribution is 5.94. The van der Waals surface area contributed by atoms with Crippen LogP contribution in [0.2, 0.25) is 0 Å². The van der Waals surface area contributed by atoms with E-state index in [1.807, 2.05) is 13.8 Å².